The van der Waals surface area contributed by atoms with Gasteiger partial charge < -0.3 is 15.0 Å². The Balaban J connectivity index is 1.51. The lowest BCUT2D eigenvalue weighted by Gasteiger charge is -2.41. The molecule has 0 saturated carbocycles. The molecule has 1 saturated heterocycles. The van der Waals surface area contributed by atoms with Crippen molar-refractivity contribution in [2.45, 2.75) is 26.0 Å². The number of hydrogen-bond acceptors (Lipinski definition) is 4. The van der Waals surface area contributed by atoms with Gasteiger partial charge in [-0.3, -0.25) is 9.79 Å². The molecule has 1 fully saturated rings. The largest absolute Gasteiger partial charge is 0.487 e. The molecular formula is C19H22IN3O2. The minimum Gasteiger partial charge on any atom is -0.487 e. The van der Waals surface area contributed by atoms with Gasteiger partial charge in [0.25, 0.3) is 3.91 Å². The van der Waals surface area contributed by atoms with Crippen LogP contribution in [-0.2, 0) is 0 Å². The van der Waals surface area contributed by atoms with Crippen molar-refractivity contribution in [3.05, 3.63) is 53.9 Å². The van der Waals surface area contributed by atoms with Crippen LogP contribution in [0.4, 0.5) is 4.79 Å². The second kappa shape index (κ2) is 8.03. The van der Waals surface area contributed by atoms with Crippen LogP contribution in [0, 0.1) is 5.92 Å². The van der Waals surface area contributed by atoms with Crippen molar-refractivity contribution in [1.82, 2.24) is 10.2 Å². The summed E-state index contributed by atoms with van der Waals surface area (Å²) in [4.78, 5) is 17.7. The normalized spacial score (nSPS) is 21.2. The summed E-state index contributed by atoms with van der Waals surface area (Å²) in [6.45, 7) is 5.86. The predicted molar refractivity (Wildman–Crippen MR) is 108 cm³/mol. The molecule has 1 aromatic rings. The highest BCUT2D eigenvalue weighted by atomic mass is 127. The molecule has 2 heterocycles. The number of ether oxygens (including phenoxy) is 1. The number of carbonyl (C=O) groups excluding carboxylic acids is 1. The molecule has 2 aliphatic heterocycles. The van der Waals surface area contributed by atoms with Crippen LogP contribution < -0.4 is 10.1 Å². The van der Waals surface area contributed by atoms with E-state index in [-0.39, 0.29) is 16.1 Å². The number of benzene rings is 1. The lowest BCUT2D eigenvalue weighted by atomic mass is 10.1. The number of aliphatic imine (C=N–C) groups is 1. The molecule has 25 heavy (non-hydrogen) atoms. The summed E-state index contributed by atoms with van der Waals surface area (Å²) in [5.41, 5.74) is 2.28. The molecule has 1 N–H and O–H groups in total. The van der Waals surface area contributed by atoms with Crippen LogP contribution in [0.3, 0.4) is 0 Å². The summed E-state index contributed by atoms with van der Waals surface area (Å²) in [7, 11) is 0. The Kier molecular flexibility index (Phi) is 5.78. The highest BCUT2D eigenvalue weighted by Gasteiger charge is 2.29. The number of carbonyl (C=O) groups is 1. The van der Waals surface area contributed by atoms with Gasteiger partial charge in [0.1, 0.15) is 11.9 Å². The Labute approximate surface area is 162 Å². The molecule has 5 nitrogen and oxygen atoms in total. The molecule has 1 amide bonds. The van der Waals surface area contributed by atoms with Gasteiger partial charge in [0.15, 0.2) is 0 Å². The first-order valence-corrected chi connectivity index (χ1v) is 9.48. The molecule has 0 radical (unpaired) electrons. The molecule has 2 atom stereocenters. The molecule has 0 spiro atoms. The maximum atomic E-state index is 11.1. The predicted octanol–water partition coefficient (Wildman–Crippen LogP) is 4.07. The lowest BCUT2D eigenvalue weighted by molar-refractivity contribution is 0.0466. The van der Waals surface area contributed by atoms with Crippen LogP contribution >= 0.6 is 22.6 Å². The maximum Gasteiger partial charge on any atom is 0.281 e. The molecule has 2 aliphatic rings. The van der Waals surface area contributed by atoms with Crippen LogP contribution in [0.1, 0.15) is 25.5 Å². The van der Waals surface area contributed by atoms with E-state index in [2.05, 4.69) is 28.2 Å². The summed E-state index contributed by atoms with van der Waals surface area (Å²) in [6.07, 6.45) is 8.26. The van der Waals surface area contributed by atoms with Crippen LogP contribution in [-0.4, -0.2) is 34.2 Å². The first-order chi connectivity index (χ1) is 12.0. The van der Waals surface area contributed by atoms with Gasteiger partial charge in [0.2, 0.25) is 0 Å². The highest BCUT2D eigenvalue weighted by molar-refractivity contribution is 14.1. The zero-order valence-electron chi connectivity index (χ0n) is 14.4. The fraction of sp³-hybridized carbons (Fsp3) is 0.368. The number of nitrogens with zero attached hydrogens (tertiary/aromatic N) is 2. The van der Waals surface area contributed by atoms with Crippen LogP contribution in [0.15, 0.2) is 53.3 Å². The van der Waals surface area contributed by atoms with E-state index in [1.165, 1.54) is 5.70 Å². The number of rotatable bonds is 5. The minimum absolute atomic E-state index is 0.00388. The van der Waals surface area contributed by atoms with Crippen molar-refractivity contribution in [2.75, 3.05) is 13.1 Å². The molecule has 0 aromatic heterocycles. The molecule has 0 bridgehead atoms. The Morgan fingerprint density at radius 3 is 2.76 bits per heavy atom. The van der Waals surface area contributed by atoms with Crippen LogP contribution in [0.2, 0.25) is 0 Å². The number of hydrogen-bond donors (Lipinski definition) is 1. The average molecular weight is 451 g/mol. The second-order valence-corrected chi connectivity index (χ2v) is 7.40. The Morgan fingerprint density at radius 2 is 2.08 bits per heavy atom. The van der Waals surface area contributed by atoms with Crippen molar-refractivity contribution in [1.29, 1.82) is 0 Å². The molecule has 3 rings (SSSR count). The molecule has 1 aromatic carbocycles. The van der Waals surface area contributed by atoms with E-state index in [1.807, 2.05) is 49.7 Å². The Hall–Kier alpha value is -1.83. The number of allylic oxidation sites excluding steroid dienone is 2. The molecule has 132 valence electrons. The minimum atomic E-state index is -0.0541. The second-order valence-electron chi connectivity index (χ2n) is 6.42. The van der Waals surface area contributed by atoms with Crippen molar-refractivity contribution >= 4 is 32.7 Å². The fourth-order valence-electron chi connectivity index (χ4n) is 2.89. The molecular weight excluding hydrogens is 429 g/mol. The van der Waals surface area contributed by atoms with Crippen LogP contribution in [0.25, 0.3) is 0 Å². The topological polar surface area (TPSA) is 53.9 Å². The summed E-state index contributed by atoms with van der Waals surface area (Å²) in [6, 6.07) is 7.93. The molecule has 2 unspecified atom stereocenters. The Bertz CT molecular complexity index is 706. The quantitative estimate of drug-likeness (QED) is 0.417. The van der Waals surface area contributed by atoms with E-state index in [9.17, 15) is 4.79 Å². The summed E-state index contributed by atoms with van der Waals surface area (Å²) in [5.74, 6) is 1.21. The van der Waals surface area contributed by atoms with Gasteiger partial charge in [0.05, 0.1) is 19.1 Å². The van der Waals surface area contributed by atoms with Crippen molar-refractivity contribution in [3.63, 3.8) is 0 Å². The molecule has 6 heteroatoms. The van der Waals surface area contributed by atoms with E-state index in [1.54, 1.807) is 22.6 Å². The zero-order valence-corrected chi connectivity index (χ0v) is 16.5. The van der Waals surface area contributed by atoms with Crippen LogP contribution in [0.5, 0.6) is 5.75 Å². The zero-order chi connectivity index (χ0) is 17.8. The number of amides is 1. The van der Waals surface area contributed by atoms with Gasteiger partial charge in [-0.2, -0.15) is 0 Å². The SMILES string of the molecule is CC1C=NC=CC(N2CC(Oc3ccc(C(C)NC(=O)I)cc3)C2)=C1. The van der Waals surface area contributed by atoms with Gasteiger partial charge in [-0.05, 0) is 30.7 Å². The summed E-state index contributed by atoms with van der Waals surface area (Å²) in [5, 5.41) is 2.87. The third-order valence-electron chi connectivity index (χ3n) is 4.31. The van der Waals surface area contributed by atoms with E-state index in [0.717, 1.165) is 24.4 Å². The first kappa shape index (κ1) is 18.0. The van der Waals surface area contributed by atoms with Gasteiger partial charge >= 0.3 is 0 Å². The van der Waals surface area contributed by atoms with E-state index in [0.29, 0.717) is 5.92 Å². The molecule has 0 aliphatic carbocycles. The monoisotopic (exact) mass is 451 g/mol. The van der Waals surface area contributed by atoms with E-state index < -0.39 is 0 Å². The average Bonchev–Trinajstić information content (AvgIpc) is 2.74. The van der Waals surface area contributed by atoms with Gasteiger partial charge in [-0.1, -0.05) is 25.1 Å². The highest BCUT2D eigenvalue weighted by Crippen LogP contribution is 2.25. The standard InChI is InChI=1S/C19H22IN3O2/c1-13-9-16(7-8-21-10-13)23-11-18(12-23)25-17-5-3-15(4-6-17)14(2)22-19(20)24/h3-10,13-14,18H,11-12H2,1-2H3,(H,22,24). The van der Waals surface area contributed by atoms with E-state index >= 15 is 0 Å². The third-order valence-corrected chi connectivity index (χ3v) is 4.62. The van der Waals surface area contributed by atoms with Gasteiger partial charge in [-0.25, -0.2) is 0 Å². The fourth-order valence-corrected chi connectivity index (χ4v) is 3.36. The smallest absolute Gasteiger partial charge is 0.281 e. The van der Waals surface area contributed by atoms with Crippen molar-refractivity contribution in [2.24, 2.45) is 10.9 Å². The van der Waals surface area contributed by atoms with E-state index in [4.69, 9.17) is 4.74 Å². The first-order valence-electron chi connectivity index (χ1n) is 8.40. The van der Waals surface area contributed by atoms with Crippen molar-refractivity contribution < 1.29 is 9.53 Å². The summed E-state index contributed by atoms with van der Waals surface area (Å²) < 4.78 is 5.98. The third kappa shape index (κ3) is 4.84. The van der Waals surface area contributed by atoms with Gasteiger partial charge in [-0.15, -0.1) is 0 Å². The number of halogens is 1. The van der Waals surface area contributed by atoms with Crippen molar-refractivity contribution in [3.8, 4) is 5.75 Å². The number of nitrogens with one attached hydrogen (secondary N) is 1. The maximum absolute atomic E-state index is 11.1. The Morgan fingerprint density at radius 1 is 1.36 bits per heavy atom. The number of likely N-dealkylation sites (tertiary alicyclic amines) is 1. The van der Waals surface area contributed by atoms with Gasteiger partial charge in [0, 0.05) is 46.6 Å². The lowest BCUT2D eigenvalue weighted by Crippen LogP contribution is -2.52. The summed E-state index contributed by atoms with van der Waals surface area (Å²) >= 11 is 1.75.